The molecule has 29 heavy (non-hydrogen) atoms. The van der Waals surface area contributed by atoms with Crippen LogP contribution in [0.15, 0.2) is 52.5 Å². The van der Waals surface area contributed by atoms with Gasteiger partial charge in [-0.2, -0.15) is 0 Å². The number of halogens is 1. The summed E-state index contributed by atoms with van der Waals surface area (Å²) in [6.07, 6.45) is 2.21. The topological polar surface area (TPSA) is 84.9 Å². The number of nitrogens with one attached hydrogen (secondary N) is 1. The zero-order valence-corrected chi connectivity index (χ0v) is 17.5. The number of rotatable bonds is 6. The lowest BCUT2D eigenvalue weighted by atomic mass is 10.1. The van der Waals surface area contributed by atoms with E-state index in [2.05, 4.69) is 21.2 Å². The second kappa shape index (κ2) is 8.91. The lowest BCUT2D eigenvalue weighted by Gasteiger charge is -2.26. The summed E-state index contributed by atoms with van der Waals surface area (Å²) in [6.45, 7) is 2.44. The number of urea groups is 1. The summed E-state index contributed by atoms with van der Waals surface area (Å²) in [5, 5.41) is 2.21. The van der Waals surface area contributed by atoms with Crippen LogP contribution in [0.2, 0.25) is 0 Å². The van der Waals surface area contributed by atoms with Crippen molar-refractivity contribution in [3.63, 3.8) is 0 Å². The minimum Gasteiger partial charge on any atom is -0.497 e. The molecule has 8 heteroatoms. The van der Waals surface area contributed by atoms with Gasteiger partial charge in [0, 0.05) is 16.1 Å². The van der Waals surface area contributed by atoms with E-state index in [1.807, 2.05) is 6.92 Å². The average Bonchev–Trinajstić information content (AvgIpc) is 2.71. The van der Waals surface area contributed by atoms with Gasteiger partial charge in [-0.25, -0.2) is 9.69 Å². The van der Waals surface area contributed by atoms with Gasteiger partial charge >= 0.3 is 6.03 Å². The Morgan fingerprint density at radius 1 is 1.10 bits per heavy atom. The Morgan fingerprint density at radius 3 is 2.48 bits per heavy atom. The van der Waals surface area contributed by atoms with Crippen molar-refractivity contribution in [1.82, 2.24) is 5.32 Å². The third-order valence-corrected chi connectivity index (χ3v) is 4.70. The number of carbonyl (C=O) groups is 3. The monoisotopic (exact) mass is 458 g/mol. The molecule has 4 amide bonds. The Kier molecular flexibility index (Phi) is 6.33. The summed E-state index contributed by atoms with van der Waals surface area (Å²) < 4.78 is 11.8. The maximum atomic E-state index is 13.0. The second-order valence-corrected chi connectivity index (χ2v) is 7.10. The number of ether oxygens (including phenoxy) is 2. The quantitative estimate of drug-likeness (QED) is 0.523. The molecule has 1 aliphatic heterocycles. The van der Waals surface area contributed by atoms with E-state index in [4.69, 9.17) is 9.47 Å². The highest BCUT2D eigenvalue weighted by atomic mass is 79.9. The van der Waals surface area contributed by atoms with Crippen LogP contribution in [-0.4, -0.2) is 31.6 Å². The van der Waals surface area contributed by atoms with Crippen LogP contribution in [0.4, 0.5) is 10.5 Å². The molecular weight excluding hydrogens is 440 g/mol. The smallest absolute Gasteiger partial charge is 0.335 e. The van der Waals surface area contributed by atoms with Crippen LogP contribution in [0, 0.1) is 0 Å². The molecule has 1 N–H and O–H groups in total. The molecule has 1 saturated heterocycles. The number of barbiturate groups is 1. The summed E-state index contributed by atoms with van der Waals surface area (Å²) in [5.74, 6) is -0.403. The lowest BCUT2D eigenvalue weighted by Crippen LogP contribution is -2.54. The van der Waals surface area contributed by atoms with Crippen LogP contribution < -0.4 is 19.7 Å². The maximum absolute atomic E-state index is 13.0. The molecule has 0 atom stereocenters. The zero-order chi connectivity index (χ0) is 21.0. The van der Waals surface area contributed by atoms with Gasteiger partial charge in [0.05, 0.1) is 19.4 Å². The van der Waals surface area contributed by atoms with Gasteiger partial charge in [-0.15, -0.1) is 0 Å². The molecule has 0 radical (unpaired) electrons. The average molecular weight is 459 g/mol. The Bertz CT molecular complexity index is 985. The number of hydrogen-bond acceptors (Lipinski definition) is 5. The molecule has 0 bridgehead atoms. The molecule has 0 saturated carbocycles. The first-order valence-electron chi connectivity index (χ1n) is 8.92. The van der Waals surface area contributed by atoms with E-state index in [1.54, 1.807) is 42.5 Å². The van der Waals surface area contributed by atoms with Gasteiger partial charge in [0.15, 0.2) is 0 Å². The Hall–Kier alpha value is -3.13. The highest BCUT2D eigenvalue weighted by Crippen LogP contribution is 2.29. The molecule has 0 unspecified atom stereocenters. The highest BCUT2D eigenvalue weighted by Gasteiger charge is 2.37. The van der Waals surface area contributed by atoms with Gasteiger partial charge in [-0.05, 0) is 48.9 Å². The van der Waals surface area contributed by atoms with E-state index in [0.717, 1.165) is 15.8 Å². The van der Waals surface area contributed by atoms with E-state index in [1.165, 1.54) is 13.2 Å². The first-order chi connectivity index (χ1) is 13.9. The Labute approximate surface area is 176 Å². The van der Waals surface area contributed by atoms with Gasteiger partial charge in [0.2, 0.25) is 0 Å². The molecule has 7 nitrogen and oxygen atoms in total. The number of nitrogens with zero attached hydrogens (tertiary/aromatic N) is 1. The molecule has 1 aliphatic rings. The van der Waals surface area contributed by atoms with E-state index >= 15 is 0 Å². The number of carbonyl (C=O) groups excluding carboxylic acids is 3. The molecule has 1 heterocycles. The zero-order valence-electron chi connectivity index (χ0n) is 15.9. The standard InChI is InChI=1S/C21H19BrN2O5/c1-3-10-29-18-12-16(28-2)9-4-13(18)11-17-19(25)23-21(27)24(20(17)26)15-7-5-14(22)6-8-15/h4-9,11-12H,3,10H2,1-2H3,(H,23,25,27)/b17-11+. The van der Waals surface area contributed by atoms with Gasteiger partial charge in [0.1, 0.15) is 17.1 Å². The normalized spacial score (nSPS) is 15.5. The number of methoxy groups -OCH3 is 1. The lowest BCUT2D eigenvalue weighted by molar-refractivity contribution is -0.122. The Balaban J connectivity index is 2.01. The van der Waals surface area contributed by atoms with Crippen molar-refractivity contribution < 1.29 is 23.9 Å². The fraction of sp³-hybridized carbons (Fsp3) is 0.190. The molecular formula is C21H19BrN2O5. The van der Waals surface area contributed by atoms with Crippen LogP contribution in [0.1, 0.15) is 18.9 Å². The predicted molar refractivity (Wildman–Crippen MR) is 112 cm³/mol. The van der Waals surface area contributed by atoms with E-state index in [0.29, 0.717) is 29.4 Å². The number of anilines is 1. The molecule has 0 aromatic heterocycles. The van der Waals surface area contributed by atoms with Gasteiger partial charge in [0.25, 0.3) is 11.8 Å². The Morgan fingerprint density at radius 2 is 1.83 bits per heavy atom. The molecule has 0 spiro atoms. The van der Waals surface area contributed by atoms with Crippen molar-refractivity contribution in [1.29, 1.82) is 0 Å². The van der Waals surface area contributed by atoms with Crippen molar-refractivity contribution in [2.24, 2.45) is 0 Å². The predicted octanol–water partition coefficient (Wildman–Crippen LogP) is 3.91. The summed E-state index contributed by atoms with van der Waals surface area (Å²) in [5.41, 5.74) is 0.716. The first kappa shape index (κ1) is 20.6. The van der Waals surface area contributed by atoms with E-state index in [-0.39, 0.29) is 5.57 Å². The largest absolute Gasteiger partial charge is 0.497 e. The van der Waals surface area contributed by atoms with Crippen molar-refractivity contribution in [3.8, 4) is 11.5 Å². The van der Waals surface area contributed by atoms with E-state index in [9.17, 15) is 14.4 Å². The van der Waals surface area contributed by atoms with Crippen LogP contribution in [0.3, 0.4) is 0 Å². The fourth-order valence-electron chi connectivity index (χ4n) is 2.74. The number of benzene rings is 2. The van der Waals surface area contributed by atoms with Crippen molar-refractivity contribution in [3.05, 3.63) is 58.1 Å². The van der Waals surface area contributed by atoms with E-state index < -0.39 is 17.8 Å². The van der Waals surface area contributed by atoms with Crippen molar-refractivity contribution in [2.75, 3.05) is 18.6 Å². The number of amides is 4. The number of hydrogen-bond donors (Lipinski definition) is 1. The van der Waals surface area contributed by atoms with Crippen LogP contribution in [-0.2, 0) is 9.59 Å². The molecule has 1 fully saturated rings. The summed E-state index contributed by atoms with van der Waals surface area (Å²) in [6, 6.07) is 10.9. The third kappa shape index (κ3) is 4.48. The molecule has 2 aromatic carbocycles. The minimum atomic E-state index is -0.795. The maximum Gasteiger partial charge on any atom is 0.335 e. The highest BCUT2D eigenvalue weighted by molar-refractivity contribution is 9.10. The first-order valence-corrected chi connectivity index (χ1v) is 9.71. The molecule has 0 aliphatic carbocycles. The van der Waals surface area contributed by atoms with Crippen LogP contribution in [0.5, 0.6) is 11.5 Å². The van der Waals surface area contributed by atoms with Gasteiger partial charge in [-0.3, -0.25) is 14.9 Å². The van der Waals surface area contributed by atoms with Gasteiger partial charge in [-0.1, -0.05) is 22.9 Å². The fourth-order valence-corrected chi connectivity index (χ4v) is 3.00. The molecule has 2 aromatic rings. The van der Waals surface area contributed by atoms with Crippen molar-refractivity contribution in [2.45, 2.75) is 13.3 Å². The minimum absolute atomic E-state index is 0.168. The summed E-state index contributed by atoms with van der Waals surface area (Å²) >= 11 is 3.31. The summed E-state index contributed by atoms with van der Waals surface area (Å²) in [7, 11) is 1.54. The van der Waals surface area contributed by atoms with Crippen molar-refractivity contribution >= 4 is 45.5 Å². The SMILES string of the molecule is CCCOc1cc(OC)ccc1/C=C1\C(=O)NC(=O)N(c2ccc(Br)cc2)C1=O. The second-order valence-electron chi connectivity index (χ2n) is 6.19. The summed E-state index contributed by atoms with van der Waals surface area (Å²) in [4.78, 5) is 38.6. The number of imide groups is 2. The van der Waals surface area contributed by atoms with Gasteiger partial charge < -0.3 is 9.47 Å². The van der Waals surface area contributed by atoms with Crippen LogP contribution in [0.25, 0.3) is 6.08 Å². The molecule has 3 rings (SSSR count). The third-order valence-electron chi connectivity index (χ3n) is 4.17. The van der Waals surface area contributed by atoms with Crippen LogP contribution >= 0.6 is 15.9 Å². The molecule has 150 valence electrons.